The second-order valence-corrected chi connectivity index (χ2v) is 9.97. The first-order valence-corrected chi connectivity index (χ1v) is 10.5. The van der Waals surface area contributed by atoms with Crippen LogP contribution in [-0.4, -0.2) is 30.2 Å². The van der Waals surface area contributed by atoms with Crippen LogP contribution in [0.4, 0.5) is 0 Å². The molecule has 26 heavy (non-hydrogen) atoms. The predicted octanol–water partition coefficient (Wildman–Crippen LogP) is 4.78. The van der Waals surface area contributed by atoms with Gasteiger partial charge in [0.25, 0.3) is 0 Å². The van der Waals surface area contributed by atoms with Gasteiger partial charge in [-0.15, -0.1) is 0 Å². The van der Waals surface area contributed by atoms with Gasteiger partial charge in [0.2, 0.25) is 0 Å². The van der Waals surface area contributed by atoms with Crippen molar-refractivity contribution in [3.63, 3.8) is 0 Å². The Balaban J connectivity index is 2.15. The zero-order chi connectivity index (χ0) is 19.3. The lowest BCUT2D eigenvalue weighted by Gasteiger charge is -2.61. The van der Waals surface area contributed by atoms with Crippen LogP contribution in [0.1, 0.15) is 73.1 Å². The molecule has 3 saturated carbocycles. The van der Waals surface area contributed by atoms with E-state index in [-0.39, 0.29) is 28.8 Å². The number of ketones is 1. The minimum atomic E-state index is -0.479. The normalized spacial score (nSPS) is 52.0. The number of hydrogen-bond acceptors (Lipinski definition) is 3. The molecule has 3 heteroatoms. The molecule has 3 fully saturated rings. The van der Waals surface area contributed by atoms with Crippen molar-refractivity contribution in [3.05, 3.63) is 12.2 Å². The van der Waals surface area contributed by atoms with Crippen molar-refractivity contribution in [2.24, 2.45) is 34.0 Å². The van der Waals surface area contributed by atoms with E-state index in [0.717, 1.165) is 32.1 Å². The maximum atomic E-state index is 13.7. The summed E-state index contributed by atoms with van der Waals surface area (Å²) in [5.41, 5.74) is -0.689. The fourth-order valence-corrected chi connectivity index (χ4v) is 7.09. The lowest BCUT2D eigenvalue weighted by atomic mass is 9.44. The molecule has 0 amide bonds. The third-order valence-corrected chi connectivity index (χ3v) is 8.98. The molecule has 0 aromatic carbocycles. The first-order valence-electron chi connectivity index (χ1n) is 10.5. The van der Waals surface area contributed by atoms with E-state index in [1.54, 1.807) is 7.11 Å². The molecule has 2 bridgehead atoms. The van der Waals surface area contributed by atoms with Crippen LogP contribution in [0.15, 0.2) is 12.2 Å². The second-order valence-electron chi connectivity index (χ2n) is 9.97. The van der Waals surface area contributed by atoms with E-state index in [4.69, 9.17) is 4.74 Å². The molecule has 0 radical (unpaired) electrons. The zero-order valence-electron chi connectivity index (χ0n) is 17.5. The molecule has 3 unspecified atom stereocenters. The molecule has 0 heterocycles. The maximum absolute atomic E-state index is 13.7. The Hall–Kier alpha value is -0.670. The summed E-state index contributed by atoms with van der Waals surface area (Å²) >= 11 is 0. The fraction of sp³-hybridized carbons (Fsp3) is 0.870. The number of methoxy groups -OCH3 is 1. The number of ether oxygens (including phenoxy) is 1. The lowest BCUT2D eigenvalue weighted by Crippen LogP contribution is -2.62. The molecule has 8 atom stereocenters. The highest BCUT2D eigenvalue weighted by atomic mass is 16.5. The van der Waals surface area contributed by atoms with Gasteiger partial charge in [-0.05, 0) is 62.7 Å². The fourth-order valence-electron chi connectivity index (χ4n) is 7.09. The molecule has 3 nitrogen and oxygen atoms in total. The van der Waals surface area contributed by atoms with Crippen molar-refractivity contribution in [3.8, 4) is 0 Å². The smallest absolute Gasteiger partial charge is 0.142 e. The minimum Gasteiger partial charge on any atom is -0.393 e. The van der Waals surface area contributed by atoms with Gasteiger partial charge in [0.1, 0.15) is 5.78 Å². The van der Waals surface area contributed by atoms with E-state index in [0.29, 0.717) is 18.1 Å². The number of carbonyl (C=O) groups excluding carboxylic acids is 1. The Morgan fingerprint density at radius 3 is 2.50 bits per heavy atom. The highest BCUT2D eigenvalue weighted by Crippen LogP contribution is 2.68. The summed E-state index contributed by atoms with van der Waals surface area (Å²) in [5, 5.41) is 11.5. The van der Waals surface area contributed by atoms with Gasteiger partial charge in [0, 0.05) is 23.9 Å². The first kappa shape index (κ1) is 20.1. The molecular weight excluding hydrogens is 324 g/mol. The van der Waals surface area contributed by atoms with Gasteiger partial charge in [-0.1, -0.05) is 39.8 Å². The van der Waals surface area contributed by atoms with Crippen LogP contribution >= 0.6 is 0 Å². The van der Waals surface area contributed by atoms with Crippen LogP contribution < -0.4 is 0 Å². The summed E-state index contributed by atoms with van der Waals surface area (Å²) < 4.78 is 5.94. The van der Waals surface area contributed by atoms with E-state index in [1.165, 1.54) is 0 Å². The highest BCUT2D eigenvalue weighted by molar-refractivity contribution is 5.87. The van der Waals surface area contributed by atoms with Gasteiger partial charge in [0.15, 0.2) is 0 Å². The van der Waals surface area contributed by atoms with E-state index in [2.05, 4.69) is 33.8 Å². The maximum Gasteiger partial charge on any atom is 0.142 e. The van der Waals surface area contributed by atoms with Gasteiger partial charge in [-0.25, -0.2) is 0 Å². The molecule has 0 spiro atoms. The van der Waals surface area contributed by atoms with Crippen LogP contribution in [0.25, 0.3) is 0 Å². The molecule has 1 N–H and O–H groups in total. The Labute approximate surface area is 159 Å². The van der Waals surface area contributed by atoms with Crippen LogP contribution in [0.3, 0.4) is 0 Å². The summed E-state index contributed by atoms with van der Waals surface area (Å²) in [5.74, 6) is 1.09. The summed E-state index contributed by atoms with van der Waals surface area (Å²) in [6, 6.07) is 0. The van der Waals surface area contributed by atoms with Crippen LogP contribution in [0.2, 0.25) is 0 Å². The van der Waals surface area contributed by atoms with Crippen molar-refractivity contribution in [1.29, 1.82) is 0 Å². The quantitative estimate of drug-likeness (QED) is 0.735. The summed E-state index contributed by atoms with van der Waals surface area (Å²) in [6.07, 6.45) is 9.36. The molecule has 3 aliphatic rings. The average molecular weight is 363 g/mol. The summed E-state index contributed by atoms with van der Waals surface area (Å²) in [7, 11) is 1.81. The number of carbonyl (C=O) groups is 1. The molecule has 0 saturated heterocycles. The Kier molecular flexibility index (Phi) is 5.20. The topological polar surface area (TPSA) is 46.5 Å². The number of allylic oxidation sites excluding steroid dienone is 2. The van der Waals surface area contributed by atoms with Crippen molar-refractivity contribution >= 4 is 5.78 Å². The average Bonchev–Trinajstić information content (AvgIpc) is 3.02. The Morgan fingerprint density at radius 1 is 1.23 bits per heavy atom. The van der Waals surface area contributed by atoms with Gasteiger partial charge >= 0.3 is 0 Å². The predicted molar refractivity (Wildman–Crippen MR) is 105 cm³/mol. The van der Waals surface area contributed by atoms with Crippen molar-refractivity contribution in [1.82, 2.24) is 0 Å². The lowest BCUT2D eigenvalue weighted by molar-refractivity contribution is -0.191. The van der Waals surface area contributed by atoms with E-state index in [9.17, 15) is 9.90 Å². The Morgan fingerprint density at radius 2 is 1.88 bits per heavy atom. The third-order valence-electron chi connectivity index (χ3n) is 8.98. The SMILES string of the molecule is C/C=C\C[C@]1(C)C[C@@H](O)[C@@]2(C)C3C(OC)CCC3(CC[C@H]2C)[C@@H](C)C1=O. The van der Waals surface area contributed by atoms with Crippen molar-refractivity contribution in [2.75, 3.05) is 7.11 Å². The van der Waals surface area contributed by atoms with Crippen LogP contribution in [0, 0.1) is 34.0 Å². The standard InChI is InChI=1S/C23H38O3/c1-7-8-11-21(4)14-18(24)22(5)15(2)9-12-23(16(3)20(21)25)13-10-17(26-6)19(22)23/h7-8,15-19,24H,9-14H2,1-6H3/b8-7-/t15-,16+,17?,18-,19?,21-,22+,23?/m1/s1. The van der Waals surface area contributed by atoms with Crippen LogP contribution in [0.5, 0.6) is 0 Å². The van der Waals surface area contributed by atoms with Gasteiger partial charge in [0.05, 0.1) is 12.2 Å². The summed E-state index contributed by atoms with van der Waals surface area (Å²) in [4.78, 5) is 13.7. The van der Waals surface area contributed by atoms with E-state index in [1.807, 2.05) is 13.0 Å². The number of hydrogen-bond donors (Lipinski definition) is 1. The monoisotopic (exact) mass is 362 g/mol. The molecule has 0 aromatic rings. The molecule has 0 aromatic heterocycles. The van der Waals surface area contributed by atoms with Gasteiger partial charge < -0.3 is 9.84 Å². The molecule has 3 aliphatic carbocycles. The molecule has 148 valence electrons. The largest absolute Gasteiger partial charge is 0.393 e. The molecule has 3 rings (SSSR count). The van der Waals surface area contributed by atoms with Gasteiger partial charge in [-0.3, -0.25) is 4.79 Å². The summed E-state index contributed by atoms with van der Waals surface area (Å²) in [6.45, 7) is 10.9. The third kappa shape index (κ3) is 2.57. The van der Waals surface area contributed by atoms with Crippen molar-refractivity contribution < 1.29 is 14.6 Å². The molecular formula is C23H38O3. The minimum absolute atomic E-state index is 0.0163. The second kappa shape index (κ2) is 6.74. The van der Waals surface area contributed by atoms with E-state index >= 15 is 0 Å². The number of Topliss-reactive ketones (excluding diaryl/α,β-unsaturated/α-hetero) is 1. The van der Waals surface area contributed by atoms with E-state index < -0.39 is 11.5 Å². The Bertz CT molecular complexity index is 584. The van der Waals surface area contributed by atoms with Crippen LogP contribution in [-0.2, 0) is 9.53 Å². The number of aliphatic hydroxyl groups is 1. The highest BCUT2D eigenvalue weighted by Gasteiger charge is 2.67. The van der Waals surface area contributed by atoms with Crippen molar-refractivity contribution in [2.45, 2.75) is 85.4 Å². The molecule has 0 aliphatic heterocycles. The first-order chi connectivity index (χ1) is 12.2. The zero-order valence-corrected chi connectivity index (χ0v) is 17.5. The number of rotatable bonds is 3. The number of aliphatic hydroxyl groups excluding tert-OH is 1. The van der Waals surface area contributed by atoms with Gasteiger partial charge in [-0.2, -0.15) is 0 Å².